The first-order chi connectivity index (χ1) is 8.82. The van der Waals surface area contributed by atoms with Crippen LogP contribution in [0.5, 0.6) is 0 Å². The molecule has 0 bridgehead atoms. The third-order valence-electron chi connectivity index (χ3n) is 2.70. The maximum atomic E-state index is 6.04. The summed E-state index contributed by atoms with van der Waals surface area (Å²) < 4.78 is 2.01. The highest BCUT2D eigenvalue weighted by Crippen LogP contribution is 2.30. The second kappa shape index (κ2) is 5.12. The molecule has 1 aromatic heterocycles. The smallest absolute Gasteiger partial charge is 0.164 e. The molecule has 2 rings (SSSR count). The number of hydrogen-bond acceptors (Lipinski definition) is 3. The van der Waals surface area contributed by atoms with Gasteiger partial charge < -0.3 is 10.3 Å². The van der Waals surface area contributed by atoms with Gasteiger partial charge in [0.1, 0.15) is 5.82 Å². The van der Waals surface area contributed by atoms with E-state index in [-0.39, 0.29) is 5.54 Å². The van der Waals surface area contributed by atoms with Crippen LogP contribution in [0.25, 0.3) is 11.4 Å². The lowest BCUT2D eigenvalue weighted by atomic mass is 10.1. The zero-order chi connectivity index (χ0) is 14.2. The summed E-state index contributed by atoms with van der Waals surface area (Å²) in [5, 5.41) is 9.50. The highest BCUT2D eigenvalue weighted by atomic mass is 35.5. The van der Waals surface area contributed by atoms with Gasteiger partial charge in [-0.2, -0.15) is 0 Å². The summed E-state index contributed by atoms with van der Waals surface area (Å²) in [6, 6.07) is 5.33. The Labute approximate surface area is 122 Å². The van der Waals surface area contributed by atoms with Gasteiger partial charge in [0.25, 0.3) is 0 Å². The van der Waals surface area contributed by atoms with Gasteiger partial charge in [0.05, 0.1) is 6.54 Å². The average molecular weight is 299 g/mol. The Bertz CT molecular complexity index is 579. The molecule has 0 saturated carbocycles. The molecule has 2 aromatic rings. The van der Waals surface area contributed by atoms with Crippen LogP contribution < -0.4 is 5.73 Å². The molecule has 0 aliphatic rings. The van der Waals surface area contributed by atoms with Crippen LogP contribution in [0.4, 0.5) is 0 Å². The molecule has 0 radical (unpaired) electrons. The molecule has 102 valence electrons. The summed E-state index contributed by atoms with van der Waals surface area (Å²) in [7, 11) is 0. The molecule has 1 heterocycles. The third kappa shape index (κ3) is 2.91. The molecule has 4 nitrogen and oxygen atoms in total. The van der Waals surface area contributed by atoms with Gasteiger partial charge in [-0.05, 0) is 39.0 Å². The van der Waals surface area contributed by atoms with Crippen molar-refractivity contribution in [3.63, 3.8) is 0 Å². The van der Waals surface area contributed by atoms with Crippen molar-refractivity contribution >= 4 is 23.2 Å². The van der Waals surface area contributed by atoms with Crippen LogP contribution in [0.15, 0.2) is 18.2 Å². The molecule has 0 aliphatic heterocycles. The largest absolute Gasteiger partial charge is 0.324 e. The van der Waals surface area contributed by atoms with Crippen molar-refractivity contribution in [2.24, 2.45) is 5.73 Å². The van der Waals surface area contributed by atoms with E-state index in [1.165, 1.54) is 0 Å². The van der Waals surface area contributed by atoms with Crippen molar-refractivity contribution in [1.82, 2.24) is 14.8 Å². The Balaban J connectivity index is 2.66. The van der Waals surface area contributed by atoms with Crippen LogP contribution in [0.1, 0.15) is 26.6 Å². The molecule has 0 fully saturated rings. The number of nitrogens with zero attached hydrogens (tertiary/aromatic N) is 3. The van der Waals surface area contributed by atoms with E-state index in [2.05, 4.69) is 31.0 Å². The van der Waals surface area contributed by atoms with Crippen LogP contribution in [0.3, 0.4) is 0 Å². The normalized spacial score (nSPS) is 11.9. The van der Waals surface area contributed by atoms with Gasteiger partial charge in [-0.3, -0.25) is 0 Å². The summed E-state index contributed by atoms with van der Waals surface area (Å²) >= 11 is 12.1. The zero-order valence-corrected chi connectivity index (χ0v) is 12.6. The Kier molecular flexibility index (Phi) is 3.85. The van der Waals surface area contributed by atoms with E-state index in [0.29, 0.717) is 16.6 Å². The number of rotatable bonds is 2. The summed E-state index contributed by atoms with van der Waals surface area (Å²) in [5.41, 5.74) is 6.38. The van der Waals surface area contributed by atoms with Crippen molar-refractivity contribution in [3.05, 3.63) is 34.1 Å². The number of hydrogen-bond donors (Lipinski definition) is 1. The quantitative estimate of drug-likeness (QED) is 0.923. The van der Waals surface area contributed by atoms with Crippen molar-refractivity contribution in [3.8, 4) is 11.4 Å². The molecule has 2 N–H and O–H groups in total. The lowest BCUT2D eigenvalue weighted by molar-refractivity contribution is 0.386. The topological polar surface area (TPSA) is 56.7 Å². The fourth-order valence-electron chi connectivity index (χ4n) is 2.02. The molecular formula is C13H16Cl2N4. The zero-order valence-electron chi connectivity index (χ0n) is 11.1. The van der Waals surface area contributed by atoms with E-state index in [4.69, 9.17) is 28.9 Å². The van der Waals surface area contributed by atoms with Crippen LogP contribution in [-0.2, 0) is 12.1 Å². The predicted molar refractivity (Wildman–Crippen MR) is 78.4 cm³/mol. The SMILES string of the molecule is CC(C)(C)n1c(CN)nnc1-c1cc(Cl)cc(Cl)c1. The first kappa shape index (κ1) is 14.3. The first-order valence-corrected chi connectivity index (χ1v) is 6.70. The van der Waals surface area contributed by atoms with E-state index in [1.807, 2.05) is 16.7 Å². The van der Waals surface area contributed by atoms with Crippen molar-refractivity contribution in [2.45, 2.75) is 32.9 Å². The highest BCUT2D eigenvalue weighted by molar-refractivity contribution is 6.35. The van der Waals surface area contributed by atoms with Crippen LogP contribution in [0.2, 0.25) is 10.0 Å². The Morgan fingerprint density at radius 2 is 1.68 bits per heavy atom. The fourth-order valence-corrected chi connectivity index (χ4v) is 2.55. The Hall–Kier alpha value is -1.10. The van der Waals surface area contributed by atoms with E-state index in [1.54, 1.807) is 6.07 Å². The number of aromatic nitrogens is 3. The molecule has 6 heteroatoms. The minimum Gasteiger partial charge on any atom is -0.324 e. The van der Waals surface area contributed by atoms with Crippen LogP contribution >= 0.6 is 23.2 Å². The molecule has 0 saturated heterocycles. The van der Waals surface area contributed by atoms with Gasteiger partial charge in [0, 0.05) is 21.1 Å². The van der Waals surface area contributed by atoms with Crippen LogP contribution in [0, 0.1) is 0 Å². The molecule has 19 heavy (non-hydrogen) atoms. The van der Waals surface area contributed by atoms with Gasteiger partial charge in [0.2, 0.25) is 0 Å². The maximum Gasteiger partial charge on any atom is 0.164 e. The Morgan fingerprint density at radius 1 is 1.11 bits per heavy atom. The molecule has 0 amide bonds. The minimum atomic E-state index is -0.178. The maximum absolute atomic E-state index is 6.04. The summed E-state index contributed by atoms with van der Waals surface area (Å²) in [6.45, 7) is 6.56. The van der Waals surface area contributed by atoms with Gasteiger partial charge in [-0.15, -0.1) is 10.2 Å². The summed E-state index contributed by atoms with van der Waals surface area (Å²) in [6.07, 6.45) is 0. The fraction of sp³-hybridized carbons (Fsp3) is 0.385. The molecule has 1 aromatic carbocycles. The Morgan fingerprint density at radius 3 is 2.16 bits per heavy atom. The standard InChI is InChI=1S/C13H16Cl2N4/c1-13(2,3)19-11(7-16)17-18-12(19)8-4-9(14)6-10(15)5-8/h4-6H,7,16H2,1-3H3. The van der Waals surface area contributed by atoms with E-state index in [9.17, 15) is 0 Å². The van der Waals surface area contributed by atoms with Crippen molar-refractivity contribution < 1.29 is 0 Å². The van der Waals surface area contributed by atoms with Gasteiger partial charge in [0.15, 0.2) is 5.82 Å². The monoisotopic (exact) mass is 298 g/mol. The number of benzene rings is 1. The van der Waals surface area contributed by atoms with Gasteiger partial charge >= 0.3 is 0 Å². The highest BCUT2D eigenvalue weighted by Gasteiger charge is 2.23. The third-order valence-corrected chi connectivity index (χ3v) is 3.14. The molecule has 0 spiro atoms. The molecule has 0 aliphatic carbocycles. The van der Waals surface area contributed by atoms with E-state index < -0.39 is 0 Å². The summed E-state index contributed by atoms with van der Waals surface area (Å²) in [4.78, 5) is 0. The van der Waals surface area contributed by atoms with Crippen LogP contribution in [-0.4, -0.2) is 14.8 Å². The van der Waals surface area contributed by atoms with Crippen molar-refractivity contribution in [2.75, 3.05) is 0 Å². The first-order valence-electron chi connectivity index (χ1n) is 5.94. The lowest BCUT2D eigenvalue weighted by Crippen LogP contribution is -2.26. The minimum absolute atomic E-state index is 0.178. The van der Waals surface area contributed by atoms with E-state index >= 15 is 0 Å². The average Bonchev–Trinajstić information content (AvgIpc) is 2.70. The van der Waals surface area contributed by atoms with Crippen molar-refractivity contribution in [1.29, 1.82) is 0 Å². The van der Waals surface area contributed by atoms with E-state index in [0.717, 1.165) is 17.2 Å². The second-order valence-electron chi connectivity index (χ2n) is 5.31. The number of nitrogens with two attached hydrogens (primary N) is 1. The molecular weight excluding hydrogens is 283 g/mol. The van der Waals surface area contributed by atoms with Gasteiger partial charge in [-0.25, -0.2) is 0 Å². The predicted octanol–water partition coefficient (Wildman–Crippen LogP) is 3.47. The molecule has 0 unspecified atom stereocenters. The number of halogens is 2. The van der Waals surface area contributed by atoms with Gasteiger partial charge in [-0.1, -0.05) is 23.2 Å². The summed E-state index contributed by atoms with van der Waals surface area (Å²) in [5.74, 6) is 1.45. The lowest BCUT2D eigenvalue weighted by Gasteiger charge is -2.24. The molecule has 0 atom stereocenters. The second-order valence-corrected chi connectivity index (χ2v) is 6.18.